The number of hydrogen-bond donors (Lipinski definition) is 2. The van der Waals surface area contributed by atoms with Gasteiger partial charge >= 0.3 is 0 Å². The van der Waals surface area contributed by atoms with Gasteiger partial charge in [0.15, 0.2) is 0 Å². The number of halogens is 1. The molecular formula is C19H26FN5O. The van der Waals surface area contributed by atoms with Gasteiger partial charge in [0.05, 0.1) is 0 Å². The van der Waals surface area contributed by atoms with E-state index in [0.717, 1.165) is 25.2 Å². The van der Waals surface area contributed by atoms with Gasteiger partial charge in [-0.2, -0.15) is 0 Å². The Bertz CT molecular complexity index is 743. The normalized spacial score (nSPS) is 18.1. The smallest absolute Gasteiger partial charge is 0.144 e. The zero-order chi connectivity index (χ0) is 19.3. The molecule has 1 heterocycles. The van der Waals surface area contributed by atoms with Crippen molar-refractivity contribution in [1.82, 2.24) is 4.90 Å². The first-order valence-electron chi connectivity index (χ1n) is 8.52. The summed E-state index contributed by atoms with van der Waals surface area (Å²) in [6, 6.07) is 5.07. The second-order valence-electron chi connectivity index (χ2n) is 6.32. The molecule has 140 valence electrons. The maximum Gasteiger partial charge on any atom is 0.144 e. The van der Waals surface area contributed by atoms with Crippen LogP contribution in [0.5, 0.6) is 0 Å². The highest BCUT2D eigenvalue weighted by Crippen LogP contribution is 2.28. The van der Waals surface area contributed by atoms with E-state index in [4.69, 9.17) is 10.9 Å². The van der Waals surface area contributed by atoms with Crippen molar-refractivity contribution < 1.29 is 9.60 Å². The average molecular weight is 359 g/mol. The van der Waals surface area contributed by atoms with Gasteiger partial charge in [-0.3, -0.25) is 0 Å². The summed E-state index contributed by atoms with van der Waals surface area (Å²) in [4.78, 5) is 7.90. The summed E-state index contributed by atoms with van der Waals surface area (Å²) in [5.74, 6) is 0.486. The van der Waals surface area contributed by atoms with E-state index < -0.39 is 0 Å². The van der Waals surface area contributed by atoms with Crippen LogP contribution in [-0.4, -0.2) is 49.3 Å². The van der Waals surface area contributed by atoms with Crippen molar-refractivity contribution in [1.29, 1.82) is 0 Å². The second-order valence-corrected chi connectivity index (χ2v) is 6.32. The minimum Gasteiger partial charge on any atom is -0.409 e. The van der Waals surface area contributed by atoms with E-state index in [1.54, 1.807) is 12.1 Å². The molecule has 0 saturated carbocycles. The lowest BCUT2D eigenvalue weighted by Crippen LogP contribution is -2.27. The summed E-state index contributed by atoms with van der Waals surface area (Å²) < 4.78 is 14.6. The van der Waals surface area contributed by atoms with E-state index in [1.165, 1.54) is 6.07 Å². The molecule has 1 aliphatic rings. The predicted octanol–water partition coefficient (Wildman–Crippen LogP) is 2.91. The summed E-state index contributed by atoms with van der Waals surface area (Å²) in [6.45, 7) is 11.6. The lowest BCUT2D eigenvalue weighted by Gasteiger charge is -2.20. The first-order chi connectivity index (χ1) is 12.4. The topological polar surface area (TPSA) is 77.4 Å². The molecule has 0 aromatic heterocycles. The van der Waals surface area contributed by atoms with Crippen LogP contribution in [-0.2, 0) is 0 Å². The zero-order valence-corrected chi connectivity index (χ0v) is 15.3. The van der Waals surface area contributed by atoms with Gasteiger partial charge in [-0.05, 0) is 49.9 Å². The molecule has 0 bridgehead atoms. The van der Waals surface area contributed by atoms with Gasteiger partial charge < -0.3 is 20.7 Å². The molecule has 2 rings (SSSR count). The molecule has 0 spiro atoms. The predicted molar refractivity (Wildman–Crippen MR) is 105 cm³/mol. The molecule has 1 aliphatic heterocycles. The van der Waals surface area contributed by atoms with Crippen LogP contribution in [0.25, 0.3) is 5.57 Å². The Balaban J connectivity index is 2.18. The Morgan fingerprint density at radius 3 is 2.85 bits per heavy atom. The molecule has 1 saturated heterocycles. The van der Waals surface area contributed by atoms with Crippen LogP contribution >= 0.6 is 0 Å². The zero-order valence-electron chi connectivity index (χ0n) is 15.3. The van der Waals surface area contributed by atoms with Crippen LogP contribution in [0.15, 0.2) is 46.8 Å². The maximum atomic E-state index is 14.6. The van der Waals surface area contributed by atoms with E-state index in [1.807, 2.05) is 29.8 Å². The minimum atomic E-state index is -0.349. The number of nitrogens with two attached hydrogens (primary N) is 1. The number of allylic oxidation sites excluding steroid dienone is 2. The standard InChI is InChI=1S/C19H26FN5O/c1-5-24(4)18(22-3)10-13(2)16-7-6-15(11-17(16)20)25-9-8-14(12-25)19(21)23-26/h6-7,10-11,14,26H,2-3,5,8-9,12H2,1,4H3,(H2,21,23)/b18-10-/t14-/m0/s1. The summed E-state index contributed by atoms with van der Waals surface area (Å²) in [5.41, 5.74) is 7.40. The summed E-state index contributed by atoms with van der Waals surface area (Å²) >= 11 is 0. The van der Waals surface area contributed by atoms with E-state index in [2.05, 4.69) is 23.4 Å². The van der Waals surface area contributed by atoms with Gasteiger partial charge in [0.25, 0.3) is 0 Å². The average Bonchev–Trinajstić information content (AvgIpc) is 3.14. The molecule has 1 atom stereocenters. The number of hydrogen-bond acceptors (Lipinski definition) is 5. The number of benzene rings is 1. The van der Waals surface area contributed by atoms with E-state index in [0.29, 0.717) is 23.5 Å². The molecule has 6 nitrogen and oxygen atoms in total. The fourth-order valence-electron chi connectivity index (χ4n) is 2.95. The third kappa shape index (κ3) is 4.22. The Morgan fingerprint density at radius 2 is 2.27 bits per heavy atom. The fourth-order valence-corrected chi connectivity index (χ4v) is 2.95. The van der Waals surface area contributed by atoms with Crippen LogP contribution in [0, 0.1) is 11.7 Å². The van der Waals surface area contributed by atoms with Crippen molar-refractivity contribution in [3.63, 3.8) is 0 Å². The summed E-state index contributed by atoms with van der Waals surface area (Å²) in [5, 5.41) is 11.9. The number of amidine groups is 1. The third-order valence-electron chi connectivity index (χ3n) is 4.72. The quantitative estimate of drug-likeness (QED) is 0.258. The number of oxime groups is 1. The largest absolute Gasteiger partial charge is 0.409 e. The van der Waals surface area contributed by atoms with Crippen LogP contribution in [0.1, 0.15) is 18.9 Å². The monoisotopic (exact) mass is 359 g/mol. The highest BCUT2D eigenvalue weighted by Gasteiger charge is 2.26. The van der Waals surface area contributed by atoms with Gasteiger partial charge in [-0.1, -0.05) is 11.7 Å². The van der Waals surface area contributed by atoms with E-state index in [9.17, 15) is 4.39 Å². The Hall–Kier alpha value is -2.83. The minimum absolute atomic E-state index is 0.0218. The number of nitrogens with zero attached hydrogens (tertiary/aromatic N) is 4. The van der Waals surface area contributed by atoms with Crippen molar-refractivity contribution in [2.24, 2.45) is 21.8 Å². The number of aliphatic imine (C=N–C) groups is 1. The summed E-state index contributed by atoms with van der Waals surface area (Å²) in [7, 11) is 1.89. The molecule has 0 amide bonds. The lowest BCUT2D eigenvalue weighted by molar-refractivity contribution is 0.314. The molecule has 1 aromatic rings. The van der Waals surface area contributed by atoms with Gasteiger partial charge in [0, 0.05) is 43.9 Å². The molecule has 1 aromatic carbocycles. The molecule has 1 fully saturated rings. The van der Waals surface area contributed by atoms with Crippen molar-refractivity contribution in [3.05, 3.63) is 48.1 Å². The number of anilines is 1. The van der Waals surface area contributed by atoms with Crippen molar-refractivity contribution in [2.75, 3.05) is 31.6 Å². The van der Waals surface area contributed by atoms with Crippen LogP contribution in [0.4, 0.5) is 10.1 Å². The van der Waals surface area contributed by atoms with E-state index in [-0.39, 0.29) is 17.6 Å². The SMILES string of the molecule is C=N/C(=C/C(=C)c1ccc(N2CC[C@H](/C(N)=N/O)C2)cc1F)N(C)CC. The summed E-state index contributed by atoms with van der Waals surface area (Å²) in [6.07, 6.45) is 2.49. The Labute approximate surface area is 153 Å². The van der Waals surface area contributed by atoms with Crippen LogP contribution in [0.2, 0.25) is 0 Å². The first-order valence-corrected chi connectivity index (χ1v) is 8.52. The fraction of sp³-hybridized carbons (Fsp3) is 0.368. The molecule has 0 unspecified atom stereocenters. The highest BCUT2D eigenvalue weighted by molar-refractivity contribution is 5.83. The van der Waals surface area contributed by atoms with Crippen LogP contribution in [0.3, 0.4) is 0 Å². The first kappa shape index (κ1) is 19.5. The van der Waals surface area contributed by atoms with Crippen LogP contribution < -0.4 is 10.6 Å². The van der Waals surface area contributed by atoms with Crippen molar-refractivity contribution >= 4 is 23.8 Å². The van der Waals surface area contributed by atoms with Crippen molar-refractivity contribution in [3.8, 4) is 0 Å². The van der Waals surface area contributed by atoms with Gasteiger partial charge in [-0.15, -0.1) is 0 Å². The van der Waals surface area contributed by atoms with E-state index >= 15 is 0 Å². The van der Waals surface area contributed by atoms with Gasteiger partial charge in [-0.25, -0.2) is 9.38 Å². The molecule has 0 radical (unpaired) electrons. The Kier molecular flexibility index (Phi) is 6.38. The third-order valence-corrected chi connectivity index (χ3v) is 4.72. The molecule has 3 N–H and O–H groups in total. The molecule has 26 heavy (non-hydrogen) atoms. The van der Waals surface area contributed by atoms with Crippen molar-refractivity contribution in [2.45, 2.75) is 13.3 Å². The lowest BCUT2D eigenvalue weighted by atomic mass is 10.1. The van der Waals surface area contributed by atoms with Gasteiger partial charge in [0.2, 0.25) is 0 Å². The molecular weight excluding hydrogens is 333 g/mol. The van der Waals surface area contributed by atoms with Gasteiger partial charge in [0.1, 0.15) is 17.5 Å². The molecule has 0 aliphatic carbocycles. The molecule has 7 heteroatoms. The number of rotatable bonds is 7. The maximum absolute atomic E-state index is 14.6. The second kappa shape index (κ2) is 8.51. The highest BCUT2D eigenvalue weighted by atomic mass is 19.1. The Morgan fingerprint density at radius 1 is 1.54 bits per heavy atom.